The minimum Gasteiger partial charge on any atom is -0.487 e. The first kappa shape index (κ1) is 28.1. The molecule has 2 aromatic rings. The van der Waals surface area contributed by atoms with Crippen molar-refractivity contribution < 1.29 is 26.7 Å². The van der Waals surface area contributed by atoms with Crippen molar-refractivity contribution in [3.63, 3.8) is 0 Å². The molecule has 0 spiro atoms. The summed E-state index contributed by atoms with van der Waals surface area (Å²) in [6.45, 7) is 6.96. The number of nitrogens with zero attached hydrogens (tertiary/aromatic N) is 4. The Balaban J connectivity index is 2.06. The van der Waals surface area contributed by atoms with E-state index in [-0.39, 0.29) is 41.3 Å². The average molecular weight is 539 g/mol. The van der Waals surface area contributed by atoms with Crippen molar-refractivity contribution in [3.05, 3.63) is 36.3 Å². The van der Waals surface area contributed by atoms with Crippen LogP contribution in [0.3, 0.4) is 0 Å². The van der Waals surface area contributed by atoms with Crippen LogP contribution in [0.15, 0.2) is 40.6 Å². The smallest absolute Gasteiger partial charge is 0.261 e. The van der Waals surface area contributed by atoms with E-state index in [2.05, 4.69) is 16.8 Å². The summed E-state index contributed by atoms with van der Waals surface area (Å²) in [5.74, 6) is 5.88. The zero-order valence-corrected chi connectivity index (χ0v) is 23.0. The SMILES string of the molecule is CC(C)C#Cc1ccc2c(c1)O[C@@H](CN(C)S(=O)(=O)c1cn(C)cn1)[C@H](C)CN([C@@H](C)CO)S2(=O)=O. The van der Waals surface area contributed by atoms with Gasteiger partial charge in [-0.2, -0.15) is 8.61 Å². The fourth-order valence-electron chi connectivity index (χ4n) is 3.78. The number of sulfonamides is 2. The van der Waals surface area contributed by atoms with Crippen LogP contribution in [0.2, 0.25) is 0 Å². The number of hydrogen-bond acceptors (Lipinski definition) is 7. The molecule has 1 N–H and O–H groups in total. The van der Waals surface area contributed by atoms with E-state index >= 15 is 0 Å². The second kappa shape index (κ2) is 10.9. The Kier molecular flexibility index (Phi) is 8.52. The Hall–Kier alpha value is -2.43. The van der Waals surface area contributed by atoms with Gasteiger partial charge in [-0.25, -0.2) is 21.8 Å². The van der Waals surface area contributed by atoms with Gasteiger partial charge in [-0.3, -0.25) is 0 Å². The summed E-state index contributed by atoms with van der Waals surface area (Å²) >= 11 is 0. The number of benzene rings is 1. The first-order valence-electron chi connectivity index (χ1n) is 11.7. The second-order valence-electron chi connectivity index (χ2n) is 9.49. The molecule has 0 bridgehead atoms. The van der Waals surface area contributed by atoms with Gasteiger partial charge in [0, 0.05) is 50.3 Å². The van der Waals surface area contributed by atoms with Crippen LogP contribution >= 0.6 is 0 Å². The zero-order valence-electron chi connectivity index (χ0n) is 21.4. The van der Waals surface area contributed by atoms with Crippen LogP contribution in [0, 0.1) is 23.7 Å². The average Bonchev–Trinajstić information content (AvgIpc) is 3.26. The Morgan fingerprint density at radius 3 is 2.58 bits per heavy atom. The topological polar surface area (TPSA) is 122 Å². The molecule has 3 atom stereocenters. The molecule has 12 heteroatoms. The van der Waals surface area contributed by atoms with E-state index in [0.717, 1.165) is 4.31 Å². The first-order valence-corrected chi connectivity index (χ1v) is 14.5. The van der Waals surface area contributed by atoms with Crippen molar-refractivity contribution in [1.29, 1.82) is 0 Å². The summed E-state index contributed by atoms with van der Waals surface area (Å²) in [5.41, 5.74) is 0.584. The molecule has 0 radical (unpaired) electrons. The lowest BCUT2D eigenvalue weighted by Crippen LogP contribution is -2.50. The van der Waals surface area contributed by atoms with Crippen LogP contribution in [0.4, 0.5) is 0 Å². The Morgan fingerprint density at radius 2 is 2.00 bits per heavy atom. The van der Waals surface area contributed by atoms with Gasteiger partial charge in [-0.15, -0.1) is 0 Å². The lowest BCUT2D eigenvalue weighted by atomic mass is 10.0. The molecule has 2 heterocycles. The van der Waals surface area contributed by atoms with Crippen LogP contribution in [-0.4, -0.2) is 79.0 Å². The molecule has 0 saturated heterocycles. The summed E-state index contributed by atoms with van der Waals surface area (Å²) in [6.07, 6.45) is 2.13. The number of aryl methyl sites for hydroxylation is 1. The summed E-state index contributed by atoms with van der Waals surface area (Å²) < 4.78 is 63.5. The predicted molar refractivity (Wildman–Crippen MR) is 135 cm³/mol. The largest absolute Gasteiger partial charge is 0.487 e. The van der Waals surface area contributed by atoms with Gasteiger partial charge >= 0.3 is 0 Å². The van der Waals surface area contributed by atoms with Crippen molar-refractivity contribution in [3.8, 4) is 17.6 Å². The Bertz CT molecular complexity index is 1360. The van der Waals surface area contributed by atoms with Crippen molar-refractivity contribution in [1.82, 2.24) is 18.2 Å². The zero-order chi connectivity index (χ0) is 26.8. The number of imidazole rings is 1. The minimum absolute atomic E-state index is 0.0389. The monoisotopic (exact) mass is 538 g/mol. The highest BCUT2D eigenvalue weighted by Gasteiger charge is 2.39. The molecule has 0 unspecified atom stereocenters. The fourth-order valence-corrected chi connectivity index (χ4v) is 6.75. The maximum atomic E-state index is 13.6. The summed E-state index contributed by atoms with van der Waals surface area (Å²) in [6, 6.07) is 3.96. The van der Waals surface area contributed by atoms with E-state index in [0.29, 0.717) is 5.56 Å². The van der Waals surface area contributed by atoms with Crippen molar-refractivity contribution in [2.45, 2.75) is 49.8 Å². The van der Waals surface area contributed by atoms with E-state index in [4.69, 9.17) is 4.74 Å². The highest BCUT2D eigenvalue weighted by Crippen LogP contribution is 2.34. The van der Waals surface area contributed by atoms with Crippen LogP contribution in [0.5, 0.6) is 5.75 Å². The Labute approximate surface area is 214 Å². The highest BCUT2D eigenvalue weighted by molar-refractivity contribution is 7.89. The van der Waals surface area contributed by atoms with E-state index < -0.39 is 38.1 Å². The number of hydrogen-bond donors (Lipinski definition) is 1. The van der Waals surface area contributed by atoms with E-state index in [1.54, 1.807) is 37.6 Å². The van der Waals surface area contributed by atoms with Gasteiger partial charge < -0.3 is 14.4 Å². The van der Waals surface area contributed by atoms with Crippen LogP contribution in [0.25, 0.3) is 0 Å². The molecule has 3 rings (SSSR count). The maximum absolute atomic E-state index is 13.6. The molecule has 10 nitrogen and oxygen atoms in total. The molecule has 0 amide bonds. The maximum Gasteiger partial charge on any atom is 0.261 e. The quantitative estimate of drug-likeness (QED) is 0.554. The molecule has 1 aliphatic rings. The first-order chi connectivity index (χ1) is 16.8. The lowest BCUT2D eigenvalue weighted by Gasteiger charge is -2.37. The van der Waals surface area contributed by atoms with Gasteiger partial charge in [-0.1, -0.05) is 32.6 Å². The van der Waals surface area contributed by atoms with Gasteiger partial charge in [0.05, 0.1) is 19.5 Å². The standard InChI is InChI=1S/C24H34N4O6S2/c1-17(2)7-8-20-9-10-23-21(11-20)34-22(18(3)12-28(19(4)15-29)35(23,30)31)13-27(6)36(32,33)24-14-26(5)16-25-24/h9-11,14,16-19,22,29H,12-13,15H2,1-6H3/t18-,19+,22+/m1/s1. The van der Waals surface area contributed by atoms with Gasteiger partial charge in [0.2, 0.25) is 10.0 Å². The van der Waals surface area contributed by atoms with Crippen molar-refractivity contribution in [2.24, 2.45) is 18.9 Å². The summed E-state index contributed by atoms with van der Waals surface area (Å²) in [7, 11) is -4.78. The number of aliphatic hydroxyl groups is 1. The summed E-state index contributed by atoms with van der Waals surface area (Å²) in [5, 5.41) is 9.69. The van der Waals surface area contributed by atoms with E-state index in [1.165, 1.54) is 29.9 Å². The van der Waals surface area contributed by atoms with Gasteiger partial charge in [-0.05, 0) is 25.1 Å². The lowest BCUT2D eigenvalue weighted by molar-refractivity contribution is 0.0904. The van der Waals surface area contributed by atoms with Crippen LogP contribution < -0.4 is 4.74 Å². The van der Waals surface area contributed by atoms with Gasteiger partial charge in [0.1, 0.15) is 16.7 Å². The predicted octanol–water partition coefficient (Wildman–Crippen LogP) is 1.52. The highest BCUT2D eigenvalue weighted by atomic mass is 32.2. The number of rotatable bonds is 6. The molecule has 1 aliphatic heterocycles. The number of ether oxygens (including phenoxy) is 1. The number of aliphatic hydroxyl groups excluding tert-OH is 1. The van der Waals surface area contributed by atoms with E-state index in [9.17, 15) is 21.9 Å². The normalized spacial score (nSPS) is 21.1. The molecule has 1 aromatic heterocycles. The van der Waals surface area contributed by atoms with Crippen LogP contribution in [-0.2, 0) is 27.1 Å². The van der Waals surface area contributed by atoms with E-state index in [1.807, 2.05) is 13.8 Å². The number of fused-ring (bicyclic) bond motifs is 1. The molecule has 36 heavy (non-hydrogen) atoms. The fraction of sp³-hybridized carbons (Fsp3) is 0.542. The second-order valence-corrected chi connectivity index (χ2v) is 13.3. The Morgan fingerprint density at radius 1 is 1.31 bits per heavy atom. The molecule has 1 aromatic carbocycles. The summed E-state index contributed by atoms with van der Waals surface area (Å²) in [4.78, 5) is 3.91. The number of likely N-dealkylation sites (N-methyl/N-ethyl adjacent to an activating group) is 1. The third-order valence-electron chi connectivity index (χ3n) is 5.97. The minimum atomic E-state index is -4.00. The molecular weight excluding hydrogens is 504 g/mol. The number of aromatic nitrogens is 2. The molecule has 0 aliphatic carbocycles. The molecule has 198 valence electrons. The third kappa shape index (κ3) is 5.92. The van der Waals surface area contributed by atoms with Gasteiger partial charge in [0.15, 0.2) is 5.03 Å². The van der Waals surface area contributed by atoms with Crippen molar-refractivity contribution in [2.75, 3.05) is 26.7 Å². The van der Waals surface area contributed by atoms with Crippen molar-refractivity contribution >= 4 is 20.0 Å². The van der Waals surface area contributed by atoms with Gasteiger partial charge in [0.25, 0.3) is 10.0 Å². The third-order valence-corrected chi connectivity index (χ3v) is 9.69. The molecule has 0 fully saturated rings. The molecular formula is C24H34N4O6S2. The van der Waals surface area contributed by atoms with Crippen LogP contribution in [0.1, 0.15) is 33.3 Å². The molecule has 0 saturated carbocycles.